The molecule has 220 valence electrons. The Bertz CT molecular complexity index is 2550. The molecule has 0 unspecified atom stereocenters. The van der Waals surface area contributed by atoms with Gasteiger partial charge in [0.2, 0.25) is 5.71 Å². The summed E-state index contributed by atoms with van der Waals surface area (Å²) < 4.78 is 6.45. The average Bonchev–Trinajstić information content (AvgIpc) is 3.55. The van der Waals surface area contributed by atoms with Crippen molar-refractivity contribution in [2.45, 2.75) is 0 Å². The molecule has 47 heavy (non-hydrogen) atoms. The molecule has 0 atom stereocenters. The first-order valence-electron chi connectivity index (χ1n) is 15.8. The zero-order valence-electron chi connectivity index (χ0n) is 25.5. The van der Waals surface area contributed by atoms with Gasteiger partial charge in [-0.05, 0) is 62.4 Å². The Kier molecular flexibility index (Phi) is 6.46. The second-order valence-corrected chi connectivity index (χ2v) is 11.8. The molecule has 0 radical (unpaired) electrons. The molecule has 0 saturated carbocycles. The van der Waals surface area contributed by atoms with Crippen LogP contribution < -0.4 is 0 Å². The van der Waals surface area contributed by atoms with Crippen LogP contribution in [0.25, 0.3) is 88.9 Å². The van der Waals surface area contributed by atoms with E-state index in [1.165, 1.54) is 22.3 Å². The van der Waals surface area contributed by atoms with E-state index in [0.717, 1.165) is 55.1 Å². The highest BCUT2D eigenvalue weighted by Gasteiger charge is 2.20. The maximum Gasteiger partial charge on any atom is 0.231 e. The van der Waals surface area contributed by atoms with Crippen molar-refractivity contribution >= 4 is 32.8 Å². The number of benzene rings is 7. The van der Waals surface area contributed by atoms with E-state index < -0.39 is 0 Å². The fourth-order valence-corrected chi connectivity index (χ4v) is 6.57. The summed E-state index contributed by atoms with van der Waals surface area (Å²) in [7, 11) is 0. The number of rotatable bonds is 5. The van der Waals surface area contributed by atoms with Crippen molar-refractivity contribution in [3.05, 3.63) is 170 Å². The van der Waals surface area contributed by atoms with Crippen LogP contribution in [-0.4, -0.2) is 9.97 Å². The molecule has 9 rings (SSSR count). The largest absolute Gasteiger partial charge is 0.438 e. The van der Waals surface area contributed by atoms with Crippen LogP contribution in [0, 0.1) is 0 Å². The van der Waals surface area contributed by atoms with E-state index in [0.29, 0.717) is 11.5 Å². The van der Waals surface area contributed by atoms with Gasteiger partial charge in [-0.25, -0.2) is 4.98 Å². The number of nitrogens with zero attached hydrogens (tertiary/aromatic N) is 2. The normalized spacial score (nSPS) is 11.4. The van der Waals surface area contributed by atoms with Crippen molar-refractivity contribution < 1.29 is 4.42 Å². The molecule has 2 aromatic heterocycles. The van der Waals surface area contributed by atoms with Gasteiger partial charge in [-0.1, -0.05) is 152 Å². The highest BCUT2D eigenvalue weighted by Crippen LogP contribution is 2.40. The average molecular weight is 601 g/mol. The number of aromatic nitrogens is 2. The molecular weight excluding hydrogens is 572 g/mol. The van der Waals surface area contributed by atoms with Crippen LogP contribution in [0.3, 0.4) is 0 Å². The summed E-state index contributed by atoms with van der Waals surface area (Å²) in [6, 6.07) is 59.3. The lowest BCUT2D eigenvalue weighted by molar-refractivity contribution is 0.654. The Morgan fingerprint density at radius 3 is 1.62 bits per heavy atom. The van der Waals surface area contributed by atoms with Crippen LogP contribution in [0.1, 0.15) is 0 Å². The molecule has 9 aromatic rings. The van der Waals surface area contributed by atoms with Gasteiger partial charge in [0.1, 0.15) is 5.58 Å². The highest BCUT2D eigenvalue weighted by molar-refractivity contribution is 6.21. The molecule has 0 aliphatic heterocycles. The zero-order valence-corrected chi connectivity index (χ0v) is 25.5. The van der Waals surface area contributed by atoms with Crippen molar-refractivity contribution in [3.8, 4) is 56.0 Å². The number of furan rings is 1. The third-order valence-electron chi connectivity index (χ3n) is 8.91. The van der Waals surface area contributed by atoms with Gasteiger partial charge < -0.3 is 4.42 Å². The minimum atomic E-state index is 0.589. The first kappa shape index (κ1) is 27.0. The summed E-state index contributed by atoms with van der Waals surface area (Å²) >= 11 is 0. The predicted molar refractivity (Wildman–Crippen MR) is 194 cm³/mol. The topological polar surface area (TPSA) is 38.9 Å². The molecule has 0 fully saturated rings. The Morgan fingerprint density at radius 1 is 0.362 bits per heavy atom. The summed E-state index contributed by atoms with van der Waals surface area (Å²) in [5.74, 6) is 0.634. The quantitative estimate of drug-likeness (QED) is 0.197. The smallest absolute Gasteiger partial charge is 0.231 e. The maximum atomic E-state index is 6.45. The summed E-state index contributed by atoms with van der Waals surface area (Å²) in [6.07, 6.45) is 0. The van der Waals surface area contributed by atoms with E-state index in [2.05, 4.69) is 140 Å². The standard InChI is InChI=1S/C44H28N2O/c1-3-11-29(12-4-1)30-21-23-31(24-22-30)34-16-9-17-35(27-34)36-18-10-19-37(28-36)43-45-42(33-14-5-2-6-15-33)41-40-38-20-8-7-13-32(38)25-26-39(40)47-44(41)46-43/h1-28H. The van der Waals surface area contributed by atoms with Crippen molar-refractivity contribution in [2.75, 3.05) is 0 Å². The molecule has 0 amide bonds. The van der Waals surface area contributed by atoms with Gasteiger partial charge in [-0.2, -0.15) is 4.98 Å². The van der Waals surface area contributed by atoms with Gasteiger partial charge in [-0.3, -0.25) is 0 Å². The molecule has 2 heterocycles. The second kappa shape index (κ2) is 11.2. The molecular formula is C44H28N2O. The van der Waals surface area contributed by atoms with Gasteiger partial charge in [-0.15, -0.1) is 0 Å². The molecule has 0 saturated heterocycles. The monoisotopic (exact) mass is 600 g/mol. The van der Waals surface area contributed by atoms with Gasteiger partial charge in [0.25, 0.3) is 0 Å². The molecule has 0 aliphatic rings. The van der Waals surface area contributed by atoms with Gasteiger partial charge in [0.05, 0.1) is 11.1 Å². The van der Waals surface area contributed by atoms with Gasteiger partial charge >= 0.3 is 0 Å². The fraction of sp³-hybridized carbons (Fsp3) is 0. The van der Waals surface area contributed by atoms with Crippen LogP contribution in [0.2, 0.25) is 0 Å². The molecule has 0 bridgehead atoms. The lowest BCUT2D eigenvalue weighted by atomic mass is 9.96. The first-order chi connectivity index (χ1) is 23.3. The Labute approximate surface area is 272 Å². The van der Waals surface area contributed by atoms with E-state index in [9.17, 15) is 0 Å². The molecule has 0 N–H and O–H groups in total. The summed E-state index contributed by atoms with van der Waals surface area (Å²) in [5.41, 5.74) is 11.3. The number of fused-ring (bicyclic) bond motifs is 5. The summed E-state index contributed by atoms with van der Waals surface area (Å²) in [4.78, 5) is 10.3. The molecule has 0 aliphatic carbocycles. The van der Waals surface area contributed by atoms with Crippen LogP contribution in [-0.2, 0) is 0 Å². The van der Waals surface area contributed by atoms with E-state index in [1.807, 2.05) is 30.3 Å². The Balaban J connectivity index is 1.14. The summed E-state index contributed by atoms with van der Waals surface area (Å²) in [5, 5.41) is 4.28. The number of hydrogen-bond acceptors (Lipinski definition) is 3. The van der Waals surface area contributed by atoms with Crippen LogP contribution in [0.15, 0.2) is 174 Å². The molecule has 7 aromatic carbocycles. The van der Waals surface area contributed by atoms with Crippen molar-refractivity contribution in [1.82, 2.24) is 9.97 Å². The van der Waals surface area contributed by atoms with Crippen LogP contribution in [0.5, 0.6) is 0 Å². The van der Waals surface area contributed by atoms with Crippen LogP contribution in [0.4, 0.5) is 0 Å². The van der Waals surface area contributed by atoms with Gasteiger partial charge in [0, 0.05) is 16.5 Å². The Morgan fingerprint density at radius 2 is 0.894 bits per heavy atom. The van der Waals surface area contributed by atoms with Crippen LogP contribution >= 0.6 is 0 Å². The van der Waals surface area contributed by atoms with Gasteiger partial charge in [0.15, 0.2) is 5.82 Å². The van der Waals surface area contributed by atoms with Crippen molar-refractivity contribution in [2.24, 2.45) is 0 Å². The molecule has 0 spiro atoms. The number of hydrogen-bond donors (Lipinski definition) is 0. The lowest BCUT2D eigenvalue weighted by Crippen LogP contribution is -1.94. The SMILES string of the molecule is c1ccc(-c2ccc(-c3cccc(-c4cccc(-c5nc(-c6ccccc6)c6c(n5)oc5ccc7ccccc7c56)c4)c3)cc2)cc1. The first-order valence-corrected chi connectivity index (χ1v) is 15.8. The predicted octanol–water partition coefficient (Wildman–Crippen LogP) is 11.9. The van der Waals surface area contributed by atoms with E-state index in [1.54, 1.807) is 0 Å². The van der Waals surface area contributed by atoms with E-state index in [-0.39, 0.29) is 0 Å². The zero-order chi connectivity index (χ0) is 31.2. The minimum Gasteiger partial charge on any atom is -0.438 e. The minimum absolute atomic E-state index is 0.589. The van der Waals surface area contributed by atoms with Crippen molar-refractivity contribution in [1.29, 1.82) is 0 Å². The third kappa shape index (κ3) is 4.86. The maximum absolute atomic E-state index is 6.45. The fourth-order valence-electron chi connectivity index (χ4n) is 6.57. The third-order valence-corrected chi connectivity index (χ3v) is 8.91. The van der Waals surface area contributed by atoms with E-state index in [4.69, 9.17) is 14.4 Å². The highest BCUT2D eigenvalue weighted by atomic mass is 16.3. The van der Waals surface area contributed by atoms with E-state index >= 15 is 0 Å². The lowest BCUT2D eigenvalue weighted by Gasteiger charge is -2.10. The summed E-state index contributed by atoms with van der Waals surface area (Å²) in [6.45, 7) is 0. The van der Waals surface area contributed by atoms with Crippen molar-refractivity contribution in [3.63, 3.8) is 0 Å². The Hall–Kier alpha value is -6.32. The molecule has 3 nitrogen and oxygen atoms in total. The second-order valence-electron chi connectivity index (χ2n) is 11.8. The molecule has 3 heteroatoms.